The van der Waals surface area contributed by atoms with Crippen LogP contribution in [0.25, 0.3) is 0 Å². The van der Waals surface area contributed by atoms with Gasteiger partial charge in [-0.3, -0.25) is 9.59 Å². The summed E-state index contributed by atoms with van der Waals surface area (Å²) in [6.07, 6.45) is 11.4. The van der Waals surface area contributed by atoms with Crippen LogP contribution in [-0.4, -0.2) is 17.0 Å². The van der Waals surface area contributed by atoms with E-state index in [1.54, 1.807) is 0 Å². The normalized spacial score (nSPS) is 49.9. The Labute approximate surface area is 132 Å². The molecule has 0 amide bonds. The van der Waals surface area contributed by atoms with Crippen LogP contribution < -0.4 is 0 Å². The first-order valence-corrected chi connectivity index (χ1v) is 8.70. The highest BCUT2D eigenvalue weighted by atomic mass is 16.1. The van der Waals surface area contributed by atoms with Gasteiger partial charge in [-0.2, -0.15) is 0 Å². The highest BCUT2D eigenvalue weighted by molar-refractivity contribution is 5.91. The molecule has 2 N–H and O–H groups in total. The topological polar surface area (TPSA) is 65.6 Å². The van der Waals surface area contributed by atoms with E-state index in [-0.39, 0.29) is 16.3 Å². The minimum absolute atomic E-state index is 0. The molecule has 4 rings (SSSR count). The fourth-order valence-corrected chi connectivity index (χ4v) is 6.41. The predicted molar refractivity (Wildman–Crippen MR) is 85.3 cm³/mol. The van der Waals surface area contributed by atoms with Crippen LogP contribution in [0.15, 0.2) is 12.2 Å². The lowest BCUT2D eigenvalue weighted by atomic mass is 9.46. The summed E-state index contributed by atoms with van der Waals surface area (Å²) in [6.45, 7) is 4.62. The number of rotatable bonds is 0. The smallest absolute Gasteiger partial charge is 0.155 e. The van der Waals surface area contributed by atoms with Crippen LogP contribution in [0.2, 0.25) is 0 Å². The van der Waals surface area contributed by atoms with Crippen molar-refractivity contribution in [2.45, 2.75) is 58.8 Å². The maximum Gasteiger partial charge on any atom is 0.155 e. The van der Waals surface area contributed by atoms with E-state index in [9.17, 15) is 9.59 Å². The Morgan fingerprint density at radius 3 is 2.59 bits per heavy atom. The third-order valence-corrected chi connectivity index (χ3v) is 7.75. The summed E-state index contributed by atoms with van der Waals surface area (Å²) >= 11 is 0. The molecule has 1 unspecified atom stereocenters. The molecule has 4 aliphatic rings. The highest BCUT2D eigenvalue weighted by Crippen LogP contribution is 2.64. The van der Waals surface area contributed by atoms with Crippen LogP contribution in [0.5, 0.6) is 0 Å². The molecule has 0 bridgehead atoms. The molecule has 3 nitrogen and oxygen atoms in total. The molecule has 6 atom stereocenters. The first kappa shape index (κ1) is 15.9. The molecular formula is C19H28O3. The van der Waals surface area contributed by atoms with Crippen LogP contribution in [0.3, 0.4) is 0 Å². The standard InChI is InChI=1S/C19H26O2.H2O/c1-18-9-7-13(20)11-12(18)3-4-14-15-5-6-17(21)19(15,2)10-8-16(14)18;/h7,9,12,14-16H,3-6,8,10-11H2,1-2H3;1H2/t12?,14-,15-,16-,18-,19-;/m0./s1. The molecule has 0 aromatic carbocycles. The van der Waals surface area contributed by atoms with Crippen molar-refractivity contribution in [2.75, 3.05) is 0 Å². The van der Waals surface area contributed by atoms with Gasteiger partial charge in [-0.1, -0.05) is 19.9 Å². The largest absolute Gasteiger partial charge is 0.412 e. The van der Waals surface area contributed by atoms with Crippen molar-refractivity contribution in [3.63, 3.8) is 0 Å². The number of hydrogen-bond acceptors (Lipinski definition) is 2. The molecule has 0 saturated heterocycles. The summed E-state index contributed by atoms with van der Waals surface area (Å²) < 4.78 is 0. The van der Waals surface area contributed by atoms with Gasteiger partial charge in [-0.05, 0) is 67.3 Å². The van der Waals surface area contributed by atoms with Gasteiger partial charge in [0.1, 0.15) is 5.78 Å². The van der Waals surface area contributed by atoms with Gasteiger partial charge in [-0.15, -0.1) is 0 Å². The monoisotopic (exact) mass is 304 g/mol. The number of ketones is 2. The number of allylic oxidation sites excluding steroid dienone is 2. The SMILES string of the molecule is C[C@]12C=CC(=O)CC1CC[C@@H]1[C@@H]2CC[C@]2(C)C(=O)CC[C@@H]12.O. The number of carbonyl (C=O) groups excluding carboxylic acids is 2. The lowest BCUT2D eigenvalue weighted by Crippen LogP contribution is -2.52. The number of hydrogen-bond donors (Lipinski definition) is 0. The van der Waals surface area contributed by atoms with E-state index >= 15 is 0 Å². The first-order valence-electron chi connectivity index (χ1n) is 8.70. The molecule has 0 heterocycles. The van der Waals surface area contributed by atoms with Gasteiger partial charge < -0.3 is 5.48 Å². The summed E-state index contributed by atoms with van der Waals surface area (Å²) in [4.78, 5) is 24.1. The molecule has 0 aromatic heterocycles. The van der Waals surface area contributed by atoms with Crippen molar-refractivity contribution in [1.82, 2.24) is 0 Å². The molecule has 0 radical (unpaired) electrons. The Kier molecular flexibility index (Phi) is 3.63. The minimum atomic E-state index is -0.0292. The predicted octanol–water partition coefficient (Wildman–Crippen LogP) is 3.12. The summed E-state index contributed by atoms with van der Waals surface area (Å²) in [5.41, 5.74) is 0.169. The zero-order chi connectivity index (χ0) is 14.8. The number of fused-ring (bicyclic) bond motifs is 5. The zero-order valence-electron chi connectivity index (χ0n) is 13.7. The quantitative estimate of drug-likeness (QED) is 0.690. The number of Topliss-reactive ketones (excluding diaryl/α,β-unsaturated/α-hetero) is 1. The Bertz CT molecular complexity index is 537. The summed E-state index contributed by atoms with van der Waals surface area (Å²) in [6, 6.07) is 0. The van der Waals surface area contributed by atoms with Crippen molar-refractivity contribution in [3.8, 4) is 0 Å². The van der Waals surface area contributed by atoms with Gasteiger partial charge in [0.05, 0.1) is 0 Å². The lowest BCUT2D eigenvalue weighted by Gasteiger charge is -2.57. The summed E-state index contributed by atoms with van der Waals surface area (Å²) in [7, 11) is 0. The van der Waals surface area contributed by atoms with E-state index in [0.29, 0.717) is 35.2 Å². The van der Waals surface area contributed by atoms with Crippen LogP contribution in [-0.2, 0) is 9.59 Å². The Hall–Kier alpha value is -0.960. The van der Waals surface area contributed by atoms with E-state index < -0.39 is 0 Å². The summed E-state index contributed by atoms with van der Waals surface area (Å²) in [5, 5.41) is 0. The third kappa shape index (κ3) is 1.90. The van der Waals surface area contributed by atoms with E-state index in [0.717, 1.165) is 25.7 Å². The maximum absolute atomic E-state index is 12.4. The minimum Gasteiger partial charge on any atom is -0.412 e. The average Bonchev–Trinajstić information content (AvgIpc) is 2.76. The van der Waals surface area contributed by atoms with E-state index in [4.69, 9.17) is 0 Å². The van der Waals surface area contributed by atoms with Crippen molar-refractivity contribution >= 4 is 11.6 Å². The average molecular weight is 304 g/mol. The number of carbonyl (C=O) groups is 2. The molecule has 22 heavy (non-hydrogen) atoms. The van der Waals surface area contributed by atoms with Gasteiger partial charge >= 0.3 is 0 Å². The fraction of sp³-hybridized carbons (Fsp3) is 0.789. The van der Waals surface area contributed by atoms with Crippen molar-refractivity contribution in [3.05, 3.63) is 12.2 Å². The van der Waals surface area contributed by atoms with Crippen LogP contribution in [0.4, 0.5) is 0 Å². The van der Waals surface area contributed by atoms with E-state index in [2.05, 4.69) is 19.9 Å². The molecule has 4 aliphatic carbocycles. The van der Waals surface area contributed by atoms with Crippen LogP contribution in [0, 0.1) is 34.5 Å². The van der Waals surface area contributed by atoms with Gasteiger partial charge in [0.25, 0.3) is 0 Å². The van der Waals surface area contributed by atoms with Gasteiger partial charge in [-0.25, -0.2) is 0 Å². The maximum atomic E-state index is 12.4. The van der Waals surface area contributed by atoms with Gasteiger partial charge in [0, 0.05) is 18.3 Å². The molecule has 0 aromatic rings. The second-order valence-corrected chi connectivity index (χ2v) is 8.44. The van der Waals surface area contributed by atoms with E-state index in [1.807, 2.05) is 6.08 Å². The molecule has 0 spiro atoms. The molecule has 3 heteroatoms. The second-order valence-electron chi connectivity index (χ2n) is 8.44. The molecule has 0 aliphatic heterocycles. The van der Waals surface area contributed by atoms with Crippen molar-refractivity contribution in [1.29, 1.82) is 0 Å². The second kappa shape index (κ2) is 5.02. The molecule has 3 saturated carbocycles. The highest BCUT2D eigenvalue weighted by Gasteiger charge is 2.59. The Morgan fingerprint density at radius 1 is 1.05 bits per heavy atom. The van der Waals surface area contributed by atoms with Gasteiger partial charge in [0.2, 0.25) is 0 Å². The third-order valence-electron chi connectivity index (χ3n) is 7.75. The van der Waals surface area contributed by atoms with Crippen molar-refractivity contribution < 1.29 is 15.1 Å². The van der Waals surface area contributed by atoms with E-state index in [1.165, 1.54) is 19.3 Å². The van der Waals surface area contributed by atoms with Crippen molar-refractivity contribution in [2.24, 2.45) is 34.5 Å². The first-order chi connectivity index (χ1) is 9.95. The lowest BCUT2D eigenvalue weighted by molar-refractivity contribution is -0.135. The van der Waals surface area contributed by atoms with Crippen LogP contribution >= 0.6 is 0 Å². The fourth-order valence-electron chi connectivity index (χ4n) is 6.41. The molecular weight excluding hydrogens is 276 g/mol. The molecule has 3 fully saturated rings. The van der Waals surface area contributed by atoms with Gasteiger partial charge in [0.15, 0.2) is 5.78 Å². The zero-order valence-corrected chi connectivity index (χ0v) is 13.7. The Balaban J connectivity index is 0.00000144. The summed E-state index contributed by atoms with van der Waals surface area (Å²) in [5.74, 6) is 3.37. The molecule has 122 valence electrons. The Morgan fingerprint density at radius 2 is 1.82 bits per heavy atom. The van der Waals surface area contributed by atoms with Crippen LogP contribution in [0.1, 0.15) is 58.8 Å².